The zero-order chi connectivity index (χ0) is 21.6. The number of esters is 1. The van der Waals surface area contributed by atoms with E-state index in [0.717, 1.165) is 22.2 Å². The molecule has 0 saturated carbocycles. The van der Waals surface area contributed by atoms with Gasteiger partial charge in [-0.2, -0.15) is 0 Å². The van der Waals surface area contributed by atoms with Gasteiger partial charge in [0, 0.05) is 5.56 Å². The van der Waals surface area contributed by atoms with Gasteiger partial charge in [-0.15, -0.1) is 6.58 Å². The molecule has 0 spiro atoms. The minimum Gasteiger partial charge on any atom is -0.493 e. The molecule has 2 rings (SSSR count). The first-order chi connectivity index (χ1) is 13.8. The van der Waals surface area contributed by atoms with Crippen LogP contribution in [-0.2, 0) is 20.7 Å². The number of benzene rings is 1. The highest BCUT2D eigenvalue weighted by Crippen LogP contribution is 2.36. The van der Waals surface area contributed by atoms with Crippen molar-refractivity contribution < 1.29 is 28.6 Å². The van der Waals surface area contributed by atoms with Crippen molar-refractivity contribution >= 4 is 35.0 Å². The van der Waals surface area contributed by atoms with Crippen LogP contribution in [0.3, 0.4) is 0 Å². The molecule has 1 fully saturated rings. The Bertz CT molecular complexity index is 848. The van der Waals surface area contributed by atoms with Crippen LogP contribution >= 0.6 is 11.8 Å². The van der Waals surface area contributed by atoms with Crippen molar-refractivity contribution in [3.05, 3.63) is 40.8 Å². The minimum absolute atomic E-state index is 0.225. The molecular weight excluding hydrogens is 394 g/mol. The van der Waals surface area contributed by atoms with E-state index in [4.69, 9.17) is 14.2 Å². The highest BCUT2D eigenvalue weighted by Gasteiger charge is 2.37. The van der Waals surface area contributed by atoms with Crippen LogP contribution in [0.5, 0.6) is 11.5 Å². The monoisotopic (exact) mass is 419 g/mol. The van der Waals surface area contributed by atoms with Crippen molar-refractivity contribution in [1.82, 2.24) is 4.90 Å². The number of methoxy groups -OCH3 is 2. The summed E-state index contributed by atoms with van der Waals surface area (Å²) in [6.07, 6.45) is 4.26. The highest BCUT2D eigenvalue weighted by atomic mass is 32.2. The Kier molecular flexibility index (Phi) is 7.90. The lowest BCUT2D eigenvalue weighted by atomic mass is 10.0. The smallest absolute Gasteiger partial charge is 0.326 e. The lowest BCUT2D eigenvalue weighted by Gasteiger charge is -2.15. The molecule has 1 saturated heterocycles. The lowest BCUT2D eigenvalue weighted by molar-refractivity contribution is -0.150. The second-order valence-corrected chi connectivity index (χ2v) is 7.38. The molecule has 156 valence electrons. The Balaban J connectivity index is 2.27. The third kappa shape index (κ3) is 5.41. The van der Waals surface area contributed by atoms with Crippen LogP contribution in [0, 0.1) is 0 Å². The molecule has 0 unspecified atom stereocenters. The maximum Gasteiger partial charge on any atom is 0.326 e. The number of thioether (sulfide) groups is 1. The topological polar surface area (TPSA) is 82.1 Å². The van der Waals surface area contributed by atoms with Gasteiger partial charge >= 0.3 is 5.97 Å². The molecule has 1 aromatic rings. The van der Waals surface area contributed by atoms with Crippen LogP contribution in [-0.4, -0.2) is 48.9 Å². The fourth-order valence-corrected chi connectivity index (χ4v) is 3.56. The molecule has 0 radical (unpaired) electrons. The summed E-state index contributed by atoms with van der Waals surface area (Å²) in [5, 5.41) is -0.505. The Hall–Kier alpha value is -2.74. The summed E-state index contributed by atoms with van der Waals surface area (Å²) in [6.45, 7) is 6.97. The van der Waals surface area contributed by atoms with E-state index in [0.29, 0.717) is 29.9 Å². The van der Waals surface area contributed by atoms with E-state index in [1.54, 1.807) is 32.3 Å². The Morgan fingerprint density at radius 1 is 1.28 bits per heavy atom. The zero-order valence-electron chi connectivity index (χ0n) is 17.0. The fraction of sp³-hybridized carbons (Fsp3) is 0.381. The number of hydrogen-bond acceptors (Lipinski definition) is 7. The first-order valence-corrected chi connectivity index (χ1v) is 9.96. The third-order valence-corrected chi connectivity index (χ3v) is 5.22. The van der Waals surface area contributed by atoms with Gasteiger partial charge in [-0.1, -0.05) is 13.0 Å². The number of amides is 2. The largest absolute Gasteiger partial charge is 0.493 e. The van der Waals surface area contributed by atoms with Gasteiger partial charge in [0.15, 0.2) is 11.5 Å². The van der Waals surface area contributed by atoms with E-state index >= 15 is 0 Å². The van der Waals surface area contributed by atoms with Gasteiger partial charge in [-0.25, -0.2) is 0 Å². The fourth-order valence-electron chi connectivity index (χ4n) is 2.72. The lowest BCUT2D eigenvalue weighted by Crippen LogP contribution is -2.35. The molecule has 1 heterocycles. The van der Waals surface area contributed by atoms with E-state index in [2.05, 4.69) is 6.58 Å². The van der Waals surface area contributed by atoms with Crippen LogP contribution in [0.4, 0.5) is 4.79 Å². The summed E-state index contributed by atoms with van der Waals surface area (Å²) in [4.78, 5) is 37.9. The predicted octanol–water partition coefficient (Wildman–Crippen LogP) is 3.81. The first kappa shape index (κ1) is 22.5. The average molecular weight is 419 g/mol. The van der Waals surface area contributed by atoms with Gasteiger partial charge in [-0.05, 0) is 55.3 Å². The van der Waals surface area contributed by atoms with E-state index in [1.807, 2.05) is 13.0 Å². The number of allylic oxidation sites excluding steroid dienone is 1. The molecule has 0 bridgehead atoms. The summed E-state index contributed by atoms with van der Waals surface area (Å²) in [7, 11) is 3.07. The van der Waals surface area contributed by atoms with E-state index in [9.17, 15) is 14.4 Å². The molecule has 7 nitrogen and oxygen atoms in total. The van der Waals surface area contributed by atoms with Crippen LogP contribution in [0.1, 0.15) is 31.4 Å². The van der Waals surface area contributed by atoms with Crippen molar-refractivity contribution in [2.75, 3.05) is 20.8 Å². The first-order valence-electron chi connectivity index (χ1n) is 9.15. The van der Waals surface area contributed by atoms with Crippen molar-refractivity contribution in [2.24, 2.45) is 0 Å². The molecule has 0 aromatic heterocycles. The molecule has 1 aliphatic heterocycles. The molecule has 8 heteroatoms. The number of carbonyl (C=O) groups is 3. The average Bonchev–Trinajstić information content (AvgIpc) is 2.95. The number of carbonyl (C=O) groups excluding carboxylic acids is 3. The summed E-state index contributed by atoms with van der Waals surface area (Å²) < 4.78 is 15.9. The number of ether oxygens (including phenoxy) is 3. The summed E-state index contributed by atoms with van der Waals surface area (Å²) in [6, 6.07) is 3.56. The van der Waals surface area contributed by atoms with E-state index in [1.165, 1.54) is 7.11 Å². The van der Waals surface area contributed by atoms with Crippen molar-refractivity contribution in [3.63, 3.8) is 0 Å². The molecule has 2 amide bonds. The summed E-state index contributed by atoms with van der Waals surface area (Å²) in [5.74, 6) is -0.0386. The molecule has 29 heavy (non-hydrogen) atoms. The van der Waals surface area contributed by atoms with Crippen LogP contribution in [0.2, 0.25) is 0 Å². The minimum atomic E-state index is -0.609. The van der Waals surface area contributed by atoms with Crippen molar-refractivity contribution in [1.29, 1.82) is 0 Å². The number of hydrogen-bond donors (Lipinski definition) is 0. The van der Waals surface area contributed by atoms with E-state index < -0.39 is 23.7 Å². The quantitative estimate of drug-likeness (QED) is 0.342. The van der Waals surface area contributed by atoms with Gasteiger partial charge in [0.05, 0.1) is 25.2 Å². The van der Waals surface area contributed by atoms with E-state index in [-0.39, 0.29) is 11.0 Å². The van der Waals surface area contributed by atoms with Crippen LogP contribution in [0.25, 0.3) is 6.08 Å². The highest BCUT2D eigenvalue weighted by molar-refractivity contribution is 8.18. The molecule has 1 aromatic carbocycles. The van der Waals surface area contributed by atoms with Gasteiger partial charge in [0.2, 0.25) is 0 Å². The van der Waals surface area contributed by atoms with Gasteiger partial charge in [-0.3, -0.25) is 19.3 Å². The normalized spacial score (nSPS) is 16.1. The van der Waals surface area contributed by atoms with Crippen LogP contribution in [0.15, 0.2) is 29.7 Å². The summed E-state index contributed by atoms with van der Waals surface area (Å²) >= 11 is 0.784. The van der Waals surface area contributed by atoms with Crippen molar-refractivity contribution in [3.8, 4) is 11.5 Å². The van der Waals surface area contributed by atoms with Gasteiger partial charge in [0.1, 0.15) is 6.54 Å². The second kappa shape index (κ2) is 10.2. The number of nitrogens with zero attached hydrogens (tertiary/aromatic N) is 1. The second-order valence-electron chi connectivity index (χ2n) is 6.38. The van der Waals surface area contributed by atoms with Gasteiger partial charge < -0.3 is 14.2 Å². The maximum atomic E-state index is 12.6. The Labute approximate surface area is 174 Å². The van der Waals surface area contributed by atoms with Gasteiger partial charge in [0.25, 0.3) is 11.1 Å². The summed E-state index contributed by atoms with van der Waals surface area (Å²) in [5.41, 5.74) is 1.51. The molecule has 1 aliphatic rings. The molecule has 0 N–H and O–H groups in total. The third-order valence-electron chi connectivity index (χ3n) is 4.31. The number of rotatable bonds is 9. The molecule has 1 atom stereocenters. The predicted molar refractivity (Wildman–Crippen MR) is 112 cm³/mol. The zero-order valence-corrected chi connectivity index (χ0v) is 17.8. The SMILES string of the molecule is C=CCc1cc(/C=C2\SC(=O)N(CC(=O)O[C@@H](C)CC)C2=O)cc(OC)c1OC. The van der Waals surface area contributed by atoms with Crippen molar-refractivity contribution in [2.45, 2.75) is 32.8 Å². The molecule has 0 aliphatic carbocycles. The maximum absolute atomic E-state index is 12.6. The standard InChI is InChI=1S/C21H25NO6S/c1-6-8-15-9-14(10-16(26-4)19(15)27-5)11-17-20(24)22(21(25)29-17)12-18(23)28-13(3)7-2/h6,9-11,13H,1,7-8,12H2,2-5H3/b17-11-/t13-/m0/s1. The van der Waals surface area contributed by atoms with Crippen LogP contribution < -0.4 is 9.47 Å². The molecular formula is C21H25NO6S. The Morgan fingerprint density at radius 3 is 2.59 bits per heavy atom. The number of imide groups is 1. The Morgan fingerprint density at radius 2 is 2.00 bits per heavy atom.